The minimum absolute atomic E-state index is 0.209. The summed E-state index contributed by atoms with van der Waals surface area (Å²) in [5, 5.41) is 3.39. The average Bonchev–Trinajstić information content (AvgIpc) is 3.31. The van der Waals surface area contributed by atoms with Gasteiger partial charge in [0.05, 0.1) is 24.4 Å². The Balaban J connectivity index is 1.32. The van der Waals surface area contributed by atoms with Crippen molar-refractivity contribution in [1.29, 1.82) is 0 Å². The quantitative estimate of drug-likeness (QED) is 0.857. The number of hydrogen-bond acceptors (Lipinski definition) is 5. The Labute approximate surface area is 153 Å². The van der Waals surface area contributed by atoms with Gasteiger partial charge >= 0.3 is 0 Å². The predicted molar refractivity (Wildman–Crippen MR) is 97.7 cm³/mol. The second kappa shape index (κ2) is 7.45. The molecule has 2 aromatic heterocycles. The van der Waals surface area contributed by atoms with Crippen LogP contribution in [0.15, 0.2) is 36.9 Å². The number of nitrogens with zero attached hydrogens (tertiary/aromatic N) is 3. The van der Waals surface area contributed by atoms with E-state index < -0.39 is 0 Å². The summed E-state index contributed by atoms with van der Waals surface area (Å²) < 4.78 is 6.19. The average molecular weight is 355 g/mol. The van der Waals surface area contributed by atoms with Gasteiger partial charge in [-0.15, -0.1) is 0 Å². The van der Waals surface area contributed by atoms with Gasteiger partial charge in [-0.2, -0.15) is 0 Å². The van der Waals surface area contributed by atoms with Crippen molar-refractivity contribution < 1.29 is 9.53 Å². The fourth-order valence-corrected chi connectivity index (χ4v) is 4.04. The molecule has 0 radical (unpaired) electrons. The maximum Gasteiger partial charge on any atom is 0.223 e. The lowest BCUT2D eigenvalue weighted by Crippen LogP contribution is -2.50. The molecular weight excluding hydrogens is 330 g/mol. The van der Waals surface area contributed by atoms with Crippen molar-refractivity contribution in [1.82, 2.24) is 19.9 Å². The zero-order valence-electron chi connectivity index (χ0n) is 14.9. The monoisotopic (exact) mass is 355 g/mol. The second-order valence-electron chi connectivity index (χ2n) is 7.24. The molecule has 0 bridgehead atoms. The number of aromatic nitrogens is 3. The molecule has 7 heteroatoms. The highest BCUT2D eigenvalue weighted by Crippen LogP contribution is 2.35. The third kappa shape index (κ3) is 3.88. The predicted octanol–water partition coefficient (Wildman–Crippen LogP) is 2.00. The Morgan fingerprint density at radius 3 is 3.23 bits per heavy atom. The van der Waals surface area contributed by atoms with Crippen LogP contribution in [-0.4, -0.2) is 57.1 Å². The van der Waals surface area contributed by atoms with Gasteiger partial charge in [-0.05, 0) is 31.4 Å². The van der Waals surface area contributed by atoms with Crippen molar-refractivity contribution in [2.45, 2.75) is 43.7 Å². The first-order valence-corrected chi connectivity index (χ1v) is 9.29. The number of aryl methyl sites for hydroxylation is 1. The molecule has 1 spiro atoms. The number of anilines is 1. The number of carbonyl (C=O) groups is 1. The lowest BCUT2D eigenvalue weighted by atomic mass is 9.88. The molecule has 0 aliphatic carbocycles. The minimum Gasteiger partial charge on any atom is -0.371 e. The van der Waals surface area contributed by atoms with Crippen molar-refractivity contribution in [3.63, 3.8) is 0 Å². The van der Waals surface area contributed by atoms with Crippen molar-refractivity contribution in [2.24, 2.45) is 0 Å². The summed E-state index contributed by atoms with van der Waals surface area (Å²) >= 11 is 0. The molecule has 138 valence electrons. The number of rotatable bonds is 5. The topological polar surface area (TPSA) is 83.1 Å². The van der Waals surface area contributed by atoms with Gasteiger partial charge in [0.15, 0.2) is 0 Å². The summed E-state index contributed by atoms with van der Waals surface area (Å²) in [6, 6.07) is 4.20. The summed E-state index contributed by atoms with van der Waals surface area (Å²) in [6.45, 7) is 2.16. The van der Waals surface area contributed by atoms with E-state index in [1.807, 2.05) is 23.2 Å². The van der Waals surface area contributed by atoms with Crippen molar-refractivity contribution in [3.05, 3.63) is 42.6 Å². The molecule has 2 N–H and O–H groups in total. The van der Waals surface area contributed by atoms with Crippen LogP contribution in [0.5, 0.6) is 0 Å². The van der Waals surface area contributed by atoms with Crippen LogP contribution in [-0.2, 0) is 16.0 Å². The molecule has 2 saturated heterocycles. The van der Waals surface area contributed by atoms with Crippen LogP contribution in [0.4, 0.5) is 5.82 Å². The van der Waals surface area contributed by atoms with Crippen molar-refractivity contribution >= 4 is 11.7 Å². The van der Waals surface area contributed by atoms with Crippen molar-refractivity contribution in [2.75, 3.05) is 25.0 Å². The van der Waals surface area contributed by atoms with Gasteiger partial charge < -0.3 is 19.9 Å². The van der Waals surface area contributed by atoms with Crippen molar-refractivity contribution in [3.8, 4) is 0 Å². The second-order valence-corrected chi connectivity index (χ2v) is 7.24. The third-order valence-electron chi connectivity index (χ3n) is 5.29. The Hall–Kier alpha value is -2.41. The number of carbonyl (C=O) groups excluding carboxylic acids is 1. The number of hydrogen-bond donors (Lipinski definition) is 2. The van der Waals surface area contributed by atoms with E-state index in [-0.39, 0.29) is 17.6 Å². The number of H-pyrrole nitrogens is 1. The van der Waals surface area contributed by atoms with E-state index in [1.54, 1.807) is 18.6 Å². The highest BCUT2D eigenvalue weighted by molar-refractivity contribution is 5.76. The number of nitrogens with one attached hydrogen (secondary N) is 2. The molecule has 2 aliphatic heterocycles. The van der Waals surface area contributed by atoms with Gasteiger partial charge in [-0.25, -0.2) is 4.98 Å². The Morgan fingerprint density at radius 2 is 2.42 bits per heavy atom. The van der Waals surface area contributed by atoms with Crippen LogP contribution in [0, 0.1) is 0 Å². The van der Waals surface area contributed by atoms with E-state index in [4.69, 9.17) is 4.74 Å². The van der Waals surface area contributed by atoms with Gasteiger partial charge in [0.25, 0.3) is 0 Å². The Morgan fingerprint density at radius 1 is 1.46 bits per heavy atom. The fraction of sp³-hybridized carbons (Fsp3) is 0.526. The smallest absolute Gasteiger partial charge is 0.223 e. The van der Waals surface area contributed by atoms with E-state index in [9.17, 15) is 4.79 Å². The highest BCUT2D eigenvalue weighted by atomic mass is 16.5. The molecule has 4 rings (SSSR count). The van der Waals surface area contributed by atoms with E-state index in [0.29, 0.717) is 19.6 Å². The molecule has 2 atom stereocenters. The standard InChI is InChI=1S/C19H25N5O2/c25-18(5-4-15-3-1-7-21-15)24-10-2-6-19(14-24)11-16(13-26-19)23-17-12-20-8-9-22-17/h1,3,7-9,12,16,21H,2,4-6,10-11,13-14H2,(H,22,23). The highest BCUT2D eigenvalue weighted by Gasteiger charge is 2.44. The number of ether oxygens (including phenoxy) is 1. The normalized spacial score (nSPS) is 25.5. The molecule has 2 fully saturated rings. The molecule has 2 unspecified atom stereocenters. The van der Waals surface area contributed by atoms with Gasteiger partial charge in [0.2, 0.25) is 5.91 Å². The molecule has 2 aliphatic rings. The molecule has 0 saturated carbocycles. The summed E-state index contributed by atoms with van der Waals surface area (Å²) in [6.07, 6.45) is 11.1. The van der Waals surface area contributed by atoms with E-state index in [1.165, 1.54) is 0 Å². The zero-order chi connectivity index (χ0) is 17.8. The maximum absolute atomic E-state index is 12.6. The van der Waals surface area contributed by atoms with Gasteiger partial charge in [0.1, 0.15) is 5.82 Å². The first-order valence-electron chi connectivity index (χ1n) is 9.29. The molecule has 7 nitrogen and oxygen atoms in total. The summed E-state index contributed by atoms with van der Waals surface area (Å²) in [5.41, 5.74) is 0.885. The number of aromatic amines is 1. The zero-order valence-corrected chi connectivity index (χ0v) is 14.9. The largest absolute Gasteiger partial charge is 0.371 e. The molecule has 0 aromatic carbocycles. The summed E-state index contributed by atoms with van der Waals surface area (Å²) in [5.74, 6) is 0.987. The van der Waals surface area contributed by atoms with Crippen LogP contribution < -0.4 is 5.32 Å². The van der Waals surface area contributed by atoms with Gasteiger partial charge in [-0.1, -0.05) is 0 Å². The van der Waals surface area contributed by atoms with Crippen LogP contribution in [0.2, 0.25) is 0 Å². The van der Waals surface area contributed by atoms with Crippen LogP contribution in [0.1, 0.15) is 31.4 Å². The van der Waals surface area contributed by atoms with E-state index >= 15 is 0 Å². The lowest BCUT2D eigenvalue weighted by molar-refractivity contribution is -0.139. The third-order valence-corrected chi connectivity index (χ3v) is 5.29. The van der Waals surface area contributed by atoms with Gasteiger partial charge in [-0.3, -0.25) is 9.78 Å². The first-order chi connectivity index (χ1) is 12.7. The minimum atomic E-state index is -0.222. The molecular formula is C19H25N5O2. The summed E-state index contributed by atoms with van der Waals surface area (Å²) in [7, 11) is 0. The van der Waals surface area contributed by atoms with Crippen LogP contribution >= 0.6 is 0 Å². The Kier molecular flexibility index (Phi) is 4.88. The maximum atomic E-state index is 12.6. The van der Waals surface area contributed by atoms with E-state index in [0.717, 1.165) is 43.7 Å². The number of likely N-dealkylation sites (tertiary alicyclic amines) is 1. The lowest BCUT2D eigenvalue weighted by Gasteiger charge is -2.39. The molecule has 26 heavy (non-hydrogen) atoms. The van der Waals surface area contributed by atoms with E-state index in [2.05, 4.69) is 20.3 Å². The SMILES string of the molecule is O=C(CCc1ccc[nH]1)N1CCCC2(CC(Nc3cnccn3)CO2)C1. The summed E-state index contributed by atoms with van der Waals surface area (Å²) in [4.78, 5) is 26.1. The van der Waals surface area contributed by atoms with Crippen LogP contribution in [0.3, 0.4) is 0 Å². The molecule has 1 amide bonds. The Bertz CT molecular complexity index is 721. The molecule has 4 heterocycles. The number of amides is 1. The molecule has 2 aromatic rings. The fourth-order valence-electron chi connectivity index (χ4n) is 4.04. The first kappa shape index (κ1) is 17.0. The van der Waals surface area contributed by atoms with Gasteiger partial charge in [0, 0.05) is 50.2 Å². The number of piperidine rings is 1. The van der Waals surface area contributed by atoms with Crippen LogP contribution in [0.25, 0.3) is 0 Å².